The molecule has 0 saturated carbocycles. The molecule has 0 aromatic heterocycles. The SMILES string of the molecule is CC(C)N1CC(=O)Nc2ccc(-c3ccc(F)c(Cl)c3)cc21. The lowest BCUT2D eigenvalue weighted by Gasteiger charge is -2.34. The van der Waals surface area contributed by atoms with E-state index in [2.05, 4.69) is 5.32 Å². The second kappa shape index (κ2) is 5.61. The molecule has 0 bridgehead atoms. The minimum Gasteiger partial charge on any atom is -0.358 e. The van der Waals surface area contributed by atoms with Crippen LogP contribution in [0.3, 0.4) is 0 Å². The lowest BCUT2D eigenvalue weighted by Crippen LogP contribution is -2.42. The molecule has 0 spiro atoms. The fourth-order valence-corrected chi connectivity index (χ4v) is 2.80. The topological polar surface area (TPSA) is 32.3 Å². The highest BCUT2D eigenvalue weighted by Crippen LogP contribution is 2.35. The van der Waals surface area contributed by atoms with Gasteiger partial charge in [0.2, 0.25) is 5.91 Å². The maximum absolute atomic E-state index is 13.3. The molecule has 2 aromatic carbocycles. The van der Waals surface area contributed by atoms with Crippen LogP contribution in [0, 0.1) is 5.82 Å². The quantitative estimate of drug-likeness (QED) is 0.894. The summed E-state index contributed by atoms with van der Waals surface area (Å²) in [4.78, 5) is 13.8. The molecule has 0 fully saturated rings. The van der Waals surface area contributed by atoms with Crippen LogP contribution in [0.25, 0.3) is 11.1 Å². The van der Waals surface area contributed by atoms with E-state index in [1.165, 1.54) is 6.07 Å². The third kappa shape index (κ3) is 2.66. The predicted octanol–water partition coefficient (Wildman–Crippen LogP) is 4.31. The van der Waals surface area contributed by atoms with Gasteiger partial charge in [-0.25, -0.2) is 4.39 Å². The van der Waals surface area contributed by atoms with Crippen molar-refractivity contribution in [3.8, 4) is 11.1 Å². The Kier molecular flexibility index (Phi) is 3.79. The average molecular weight is 319 g/mol. The molecule has 3 nitrogen and oxygen atoms in total. The van der Waals surface area contributed by atoms with Gasteiger partial charge in [-0.2, -0.15) is 0 Å². The second-order valence-corrected chi connectivity index (χ2v) is 6.04. The fourth-order valence-electron chi connectivity index (χ4n) is 2.62. The molecule has 0 radical (unpaired) electrons. The maximum atomic E-state index is 13.3. The van der Waals surface area contributed by atoms with E-state index < -0.39 is 5.82 Å². The Labute approximate surface area is 133 Å². The van der Waals surface area contributed by atoms with Crippen LogP contribution in [0.1, 0.15) is 13.8 Å². The van der Waals surface area contributed by atoms with Gasteiger partial charge < -0.3 is 10.2 Å². The molecular formula is C17H16ClFN2O. The summed E-state index contributed by atoms with van der Waals surface area (Å²) in [6.07, 6.45) is 0. The lowest BCUT2D eigenvalue weighted by atomic mass is 10.0. The highest BCUT2D eigenvalue weighted by Gasteiger charge is 2.24. The predicted molar refractivity (Wildman–Crippen MR) is 88.0 cm³/mol. The minimum absolute atomic E-state index is 0.0150. The molecule has 114 valence electrons. The Morgan fingerprint density at radius 3 is 2.55 bits per heavy atom. The molecule has 0 aliphatic carbocycles. The number of carbonyl (C=O) groups is 1. The number of benzene rings is 2. The van der Waals surface area contributed by atoms with Gasteiger partial charge in [0.15, 0.2) is 0 Å². The van der Waals surface area contributed by atoms with Crippen LogP contribution in [-0.4, -0.2) is 18.5 Å². The number of hydrogen-bond acceptors (Lipinski definition) is 2. The Bertz CT molecular complexity index is 745. The van der Waals surface area contributed by atoms with Gasteiger partial charge in [-0.05, 0) is 49.2 Å². The van der Waals surface area contributed by atoms with Gasteiger partial charge in [0, 0.05) is 6.04 Å². The van der Waals surface area contributed by atoms with Gasteiger partial charge in [-0.1, -0.05) is 23.7 Å². The van der Waals surface area contributed by atoms with Crippen molar-refractivity contribution < 1.29 is 9.18 Å². The van der Waals surface area contributed by atoms with Crippen LogP contribution >= 0.6 is 11.6 Å². The minimum atomic E-state index is -0.431. The van der Waals surface area contributed by atoms with Crippen molar-refractivity contribution in [2.75, 3.05) is 16.8 Å². The molecule has 0 atom stereocenters. The van der Waals surface area contributed by atoms with Crippen molar-refractivity contribution in [2.45, 2.75) is 19.9 Å². The number of nitrogens with zero attached hydrogens (tertiary/aromatic N) is 1. The Hall–Kier alpha value is -2.07. The molecule has 1 aliphatic heterocycles. The largest absolute Gasteiger partial charge is 0.358 e. The van der Waals surface area contributed by atoms with Crippen molar-refractivity contribution in [1.82, 2.24) is 0 Å². The summed E-state index contributed by atoms with van der Waals surface area (Å²) in [5.74, 6) is -0.446. The van der Waals surface area contributed by atoms with E-state index in [-0.39, 0.29) is 17.0 Å². The van der Waals surface area contributed by atoms with Crippen molar-refractivity contribution in [1.29, 1.82) is 0 Å². The van der Waals surface area contributed by atoms with Crippen LogP contribution in [0.15, 0.2) is 36.4 Å². The van der Waals surface area contributed by atoms with Crippen LogP contribution in [0.4, 0.5) is 15.8 Å². The van der Waals surface area contributed by atoms with Crippen LogP contribution < -0.4 is 10.2 Å². The number of anilines is 2. The average Bonchev–Trinajstić information content (AvgIpc) is 2.48. The Balaban J connectivity index is 2.07. The van der Waals surface area contributed by atoms with E-state index in [0.717, 1.165) is 22.5 Å². The lowest BCUT2D eigenvalue weighted by molar-refractivity contribution is -0.115. The molecule has 0 saturated heterocycles. The van der Waals surface area contributed by atoms with Crippen LogP contribution in [-0.2, 0) is 4.79 Å². The first-order chi connectivity index (χ1) is 10.5. The molecular weight excluding hydrogens is 303 g/mol. The van der Waals surface area contributed by atoms with Gasteiger partial charge in [0.05, 0.1) is 22.9 Å². The number of carbonyl (C=O) groups excluding carboxylic acids is 1. The first-order valence-corrected chi connectivity index (χ1v) is 7.49. The second-order valence-electron chi connectivity index (χ2n) is 5.63. The number of fused-ring (bicyclic) bond motifs is 1. The number of nitrogens with one attached hydrogen (secondary N) is 1. The number of amides is 1. The third-order valence-electron chi connectivity index (χ3n) is 3.77. The van der Waals surface area contributed by atoms with Crippen molar-refractivity contribution in [3.63, 3.8) is 0 Å². The van der Waals surface area contributed by atoms with E-state index in [1.54, 1.807) is 12.1 Å². The Morgan fingerprint density at radius 1 is 1.18 bits per heavy atom. The van der Waals surface area contributed by atoms with Crippen molar-refractivity contribution in [3.05, 3.63) is 47.2 Å². The molecule has 1 amide bonds. The molecule has 22 heavy (non-hydrogen) atoms. The van der Waals surface area contributed by atoms with Gasteiger partial charge in [-0.3, -0.25) is 4.79 Å². The standard InChI is InChI=1S/C17H16ClFN2O/c1-10(2)21-9-17(22)20-15-6-4-12(8-16(15)21)11-3-5-14(19)13(18)7-11/h3-8,10H,9H2,1-2H3,(H,20,22). The molecule has 1 N–H and O–H groups in total. The summed E-state index contributed by atoms with van der Waals surface area (Å²) in [5, 5.41) is 2.98. The zero-order chi connectivity index (χ0) is 15.9. The smallest absolute Gasteiger partial charge is 0.243 e. The van der Waals surface area contributed by atoms with E-state index in [9.17, 15) is 9.18 Å². The van der Waals surface area contributed by atoms with Crippen LogP contribution in [0.2, 0.25) is 5.02 Å². The summed E-state index contributed by atoms with van der Waals surface area (Å²) in [6.45, 7) is 4.42. The van der Waals surface area contributed by atoms with E-state index >= 15 is 0 Å². The van der Waals surface area contributed by atoms with Gasteiger partial charge in [0.1, 0.15) is 5.82 Å². The van der Waals surface area contributed by atoms with Crippen LogP contribution in [0.5, 0.6) is 0 Å². The summed E-state index contributed by atoms with van der Waals surface area (Å²) in [7, 11) is 0. The normalized spacial score (nSPS) is 14.0. The molecule has 1 heterocycles. The van der Waals surface area contributed by atoms with Gasteiger partial charge >= 0.3 is 0 Å². The molecule has 1 aliphatic rings. The first-order valence-electron chi connectivity index (χ1n) is 7.11. The fraction of sp³-hybridized carbons (Fsp3) is 0.235. The van der Waals surface area contributed by atoms with Gasteiger partial charge in [0.25, 0.3) is 0 Å². The zero-order valence-electron chi connectivity index (χ0n) is 12.4. The highest BCUT2D eigenvalue weighted by atomic mass is 35.5. The van der Waals surface area contributed by atoms with E-state index in [0.29, 0.717) is 6.54 Å². The van der Waals surface area contributed by atoms with Gasteiger partial charge in [-0.15, -0.1) is 0 Å². The number of halogens is 2. The molecule has 3 rings (SSSR count). The summed E-state index contributed by atoms with van der Waals surface area (Å²) < 4.78 is 13.3. The summed E-state index contributed by atoms with van der Waals surface area (Å²) >= 11 is 5.86. The van der Waals surface area contributed by atoms with Crippen molar-refractivity contribution in [2.24, 2.45) is 0 Å². The highest BCUT2D eigenvalue weighted by molar-refractivity contribution is 6.31. The molecule has 2 aromatic rings. The monoisotopic (exact) mass is 318 g/mol. The summed E-state index contributed by atoms with van der Waals surface area (Å²) in [6, 6.07) is 10.6. The molecule has 0 unspecified atom stereocenters. The number of hydrogen-bond donors (Lipinski definition) is 1. The molecule has 5 heteroatoms. The maximum Gasteiger partial charge on any atom is 0.243 e. The van der Waals surface area contributed by atoms with E-state index in [4.69, 9.17) is 11.6 Å². The zero-order valence-corrected chi connectivity index (χ0v) is 13.1. The number of rotatable bonds is 2. The first kappa shape index (κ1) is 14.9. The Morgan fingerprint density at radius 2 is 1.86 bits per heavy atom. The van der Waals surface area contributed by atoms with E-state index in [1.807, 2.05) is 36.9 Å². The third-order valence-corrected chi connectivity index (χ3v) is 4.06. The summed E-state index contributed by atoms with van der Waals surface area (Å²) in [5.41, 5.74) is 3.53. The van der Waals surface area contributed by atoms with Crippen molar-refractivity contribution >= 4 is 28.9 Å².